The zero-order valence-electron chi connectivity index (χ0n) is 17.8. The molecule has 1 fully saturated rings. The highest BCUT2D eigenvalue weighted by molar-refractivity contribution is 7.97. The minimum atomic E-state index is -4.40. The van der Waals surface area contributed by atoms with Crippen molar-refractivity contribution in [3.63, 3.8) is 0 Å². The van der Waals surface area contributed by atoms with Crippen LogP contribution in [0.15, 0.2) is 34.7 Å². The highest BCUT2D eigenvalue weighted by Crippen LogP contribution is 2.34. The smallest absolute Gasteiger partial charge is 0.372 e. The molecule has 180 valence electrons. The third-order valence-electron chi connectivity index (χ3n) is 5.09. The summed E-state index contributed by atoms with van der Waals surface area (Å²) in [7, 11) is 0. The molecule has 1 saturated heterocycles. The van der Waals surface area contributed by atoms with Crippen LogP contribution in [-0.4, -0.2) is 57.1 Å². The van der Waals surface area contributed by atoms with Gasteiger partial charge < -0.3 is 16.0 Å². The van der Waals surface area contributed by atoms with Crippen LogP contribution in [-0.2, 0) is 24.1 Å². The first-order valence-corrected chi connectivity index (χ1v) is 11.9. The molecule has 2 aliphatic heterocycles. The maximum Gasteiger partial charge on any atom is 0.434 e. The molecule has 0 spiro atoms. The second kappa shape index (κ2) is 10.6. The number of alkyl halides is 3. The summed E-state index contributed by atoms with van der Waals surface area (Å²) in [6, 6.07) is 7.87. The van der Waals surface area contributed by atoms with Crippen LogP contribution < -0.4 is 16.0 Å². The average Bonchev–Trinajstić information content (AvgIpc) is 3.50. The molecule has 0 aromatic carbocycles. The number of piperazine rings is 1. The van der Waals surface area contributed by atoms with Gasteiger partial charge in [0.1, 0.15) is 10.7 Å². The Morgan fingerprint density at radius 2 is 1.76 bits per heavy atom. The molecule has 2 aliphatic rings. The van der Waals surface area contributed by atoms with E-state index in [9.17, 15) is 13.2 Å². The molecule has 5 rings (SSSR count). The number of hydrogen-bond acceptors (Lipinski definition) is 10. The quantitative estimate of drug-likeness (QED) is 0.404. The number of halogens is 3. The lowest BCUT2D eigenvalue weighted by Gasteiger charge is -2.33. The van der Waals surface area contributed by atoms with Gasteiger partial charge in [0.05, 0.1) is 11.4 Å². The summed E-state index contributed by atoms with van der Waals surface area (Å²) >= 11 is 2.53. The summed E-state index contributed by atoms with van der Waals surface area (Å²) < 4.78 is 40.4. The Hall–Kier alpha value is -2.81. The van der Waals surface area contributed by atoms with Crippen LogP contribution in [0, 0.1) is 0 Å². The van der Waals surface area contributed by atoms with Crippen molar-refractivity contribution < 1.29 is 18.0 Å². The normalized spacial score (nSPS) is 16.0. The second-order valence-corrected chi connectivity index (χ2v) is 9.27. The van der Waals surface area contributed by atoms with Crippen LogP contribution in [0.3, 0.4) is 0 Å². The predicted octanol–water partition coefficient (Wildman–Crippen LogP) is 2.55. The lowest BCUT2D eigenvalue weighted by atomic mass is 10.2. The molecular formula is C20H21F3N8OS2. The summed E-state index contributed by atoms with van der Waals surface area (Å²) in [5.74, 6) is 0. The van der Waals surface area contributed by atoms with Gasteiger partial charge in [0, 0.05) is 44.6 Å². The van der Waals surface area contributed by atoms with Gasteiger partial charge in [-0.1, -0.05) is 6.07 Å². The largest absolute Gasteiger partial charge is 0.434 e. The molecule has 3 aromatic rings. The maximum atomic E-state index is 12.8. The van der Waals surface area contributed by atoms with Crippen LogP contribution in [0.5, 0.6) is 0 Å². The molecule has 0 unspecified atom stereocenters. The Bertz CT molecular complexity index is 1120. The number of pyridine rings is 1. The average molecular weight is 511 g/mol. The van der Waals surface area contributed by atoms with Crippen LogP contribution in [0.4, 0.5) is 18.3 Å². The number of anilines is 1. The van der Waals surface area contributed by atoms with Crippen LogP contribution in [0.1, 0.15) is 17.0 Å². The first-order valence-electron chi connectivity index (χ1n) is 10.3. The van der Waals surface area contributed by atoms with E-state index in [0.29, 0.717) is 31.3 Å². The Morgan fingerprint density at radius 3 is 2.41 bits per heavy atom. The van der Waals surface area contributed by atoms with Crippen molar-refractivity contribution in [2.45, 2.75) is 24.3 Å². The number of nitrogens with two attached hydrogens (primary N) is 1. The number of hydrogen-bond donors (Lipinski definition) is 2. The van der Waals surface area contributed by atoms with E-state index in [1.807, 2.05) is 23.1 Å². The molecule has 9 nitrogen and oxygen atoms in total. The molecular weight excluding hydrogens is 489 g/mol. The molecule has 0 aliphatic carbocycles. The van der Waals surface area contributed by atoms with Gasteiger partial charge in [-0.3, -0.25) is 4.79 Å². The lowest BCUT2D eigenvalue weighted by Crippen LogP contribution is -2.43. The van der Waals surface area contributed by atoms with Crippen LogP contribution in [0.25, 0.3) is 11.4 Å². The molecule has 3 aromatic heterocycles. The predicted molar refractivity (Wildman–Crippen MR) is 123 cm³/mol. The summed E-state index contributed by atoms with van der Waals surface area (Å²) in [4.78, 5) is 18.9. The van der Waals surface area contributed by atoms with E-state index >= 15 is 0 Å². The molecule has 0 radical (unpaired) electrons. The van der Waals surface area contributed by atoms with Gasteiger partial charge in [-0.25, -0.2) is 14.3 Å². The number of carbonyl (C=O) groups is 1. The van der Waals surface area contributed by atoms with E-state index < -0.39 is 11.9 Å². The summed E-state index contributed by atoms with van der Waals surface area (Å²) in [6.45, 7) is 4.22. The SMILES string of the molecule is FC(F)(F)c1csc(N2CCN(Sc3ccc(-c4ccc5c(n4)CNC5)nn3)CC2)n1.NC=O. The number of carbonyl (C=O) groups excluding carboxylic acids is 1. The van der Waals surface area contributed by atoms with Gasteiger partial charge >= 0.3 is 6.18 Å². The van der Waals surface area contributed by atoms with Gasteiger partial charge in [-0.15, -0.1) is 21.5 Å². The number of amides is 1. The van der Waals surface area contributed by atoms with E-state index in [2.05, 4.69) is 41.6 Å². The van der Waals surface area contributed by atoms with Gasteiger partial charge in [0.15, 0.2) is 10.8 Å². The fourth-order valence-electron chi connectivity index (χ4n) is 3.45. The minimum absolute atomic E-state index is 0.250. The lowest BCUT2D eigenvalue weighted by molar-refractivity contribution is -0.140. The van der Waals surface area contributed by atoms with Gasteiger partial charge in [0.2, 0.25) is 6.41 Å². The highest BCUT2D eigenvalue weighted by atomic mass is 32.2. The molecule has 34 heavy (non-hydrogen) atoms. The van der Waals surface area contributed by atoms with E-state index in [1.165, 1.54) is 17.5 Å². The van der Waals surface area contributed by atoms with E-state index in [0.717, 1.165) is 51.9 Å². The Labute approximate surface area is 201 Å². The van der Waals surface area contributed by atoms with Crippen molar-refractivity contribution in [1.29, 1.82) is 0 Å². The molecule has 3 N–H and O–H groups in total. The topological polar surface area (TPSA) is 113 Å². The fourth-order valence-corrected chi connectivity index (χ4v) is 5.15. The number of nitrogens with one attached hydrogen (secondary N) is 1. The van der Waals surface area contributed by atoms with Crippen molar-refractivity contribution in [3.05, 3.63) is 46.6 Å². The minimum Gasteiger partial charge on any atom is -0.372 e. The van der Waals surface area contributed by atoms with Crippen LogP contribution in [0.2, 0.25) is 0 Å². The zero-order chi connectivity index (χ0) is 24.1. The maximum absolute atomic E-state index is 12.8. The van der Waals surface area contributed by atoms with Crippen molar-refractivity contribution >= 4 is 34.8 Å². The standard InChI is InChI=1S/C19H18F3N7S2.CH3NO/c20-19(21,22)16-11-30-18(25-16)28-5-7-29(8-6-28)31-17-4-3-14(26-27-17)13-2-1-12-9-23-10-15(12)24-13;2-1-3/h1-4,11,23H,5-10H2;1H,(H2,2,3). The Balaban J connectivity index is 0.000000868. The number of primary amides is 1. The van der Waals surface area contributed by atoms with Gasteiger partial charge in [-0.05, 0) is 35.7 Å². The molecule has 0 atom stereocenters. The zero-order valence-corrected chi connectivity index (χ0v) is 19.5. The Morgan fingerprint density at radius 1 is 1.03 bits per heavy atom. The number of rotatable bonds is 4. The van der Waals surface area contributed by atoms with Gasteiger partial charge in [-0.2, -0.15) is 13.2 Å². The first-order chi connectivity index (χ1) is 16.4. The number of aromatic nitrogens is 4. The van der Waals surface area contributed by atoms with E-state index in [1.54, 1.807) is 0 Å². The third kappa shape index (κ3) is 5.81. The third-order valence-corrected chi connectivity index (χ3v) is 7.02. The summed E-state index contributed by atoms with van der Waals surface area (Å²) in [5, 5.41) is 14.2. The molecule has 0 bridgehead atoms. The van der Waals surface area contributed by atoms with Crippen LogP contribution >= 0.6 is 23.3 Å². The van der Waals surface area contributed by atoms with Crippen molar-refractivity contribution in [2.24, 2.45) is 5.73 Å². The van der Waals surface area contributed by atoms with Crippen molar-refractivity contribution in [2.75, 3.05) is 31.1 Å². The molecule has 1 amide bonds. The molecule has 5 heterocycles. The first kappa shape index (κ1) is 24.3. The number of nitrogens with zero attached hydrogens (tertiary/aromatic N) is 6. The van der Waals surface area contributed by atoms with E-state index in [4.69, 9.17) is 4.79 Å². The van der Waals surface area contributed by atoms with Crippen molar-refractivity contribution in [3.8, 4) is 11.4 Å². The summed E-state index contributed by atoms with van der Waals surface area (Å²) in [5.41, 5.74) is 7.15. The number of thiazole rings is 1. The highest BCUT2D eigenvalue weighted by Gasteiger charge is 2.34. The monoisotopic (exact) mass is 510 g/mol. The van der Waals surface area contributed by atoms with E-state index in [-0.39, 0.29) is 6.41 Å². The Kier molecular flexibility index (Phi) is 7.60. The molecule has 14 heteroatoms. The fraction of sp³-hybridized carbons (Fsp3) is 0.350. The van der Waals surface area contributed by atoms with Gasteiger partial charge in [0.25, 0.3) is 0 Å². The summed E-state index contributed by atoms with van der Waals surface area (Å²) in [6.07, 6.45) is -4.15. The molecule has 0 saturated carbocycles. The number of fused-ring (bicyclic) bond motifs is 1. The second-order valence-electron chi connectivity index (χ2n) is 7.32. The van der Waals surface area contributed by atoms with Crippen molar-refractivity contribution in [1.82, 2.24) is 29.8 Å².